The number of nitrogens with zero attached hydrogens (tertiary/aromatic N) is 1. The second kappa shape index (κ2) is 6.05. The molecule has 2 fully saturated rings. The average Bonchev–Trinajstić information content (AvgIpc) is 2.67. The van der Waals surface area contributed by atoms with Gasteiger partial charge in [0.15, 0.2) is 0 Å². The molecule has 0 aromatic carbocycles. The van der Waals surface area contributed by atoms with Crippen molar-refractivity contribution in [3.05, 3.63) is 12.8 Å². The Morgan fingerprint density at radius 1 is 1.53 bits per heavy atom. The molecule has 4 nitrogen and oxygen atoms in total. The van der Waals surface area contributed by atoms with Gasteiger partial charge in [0.2, 0.25) is 5.91 Å². The van der Waals surface area contributed by atoms with Crippen molar-refractivity contribution in [1.29, 1.82) is 0 Å². The molecule has 2 unspecified atom stereocenters. The van der Waals surface area contributed by atoms with E-state index in [-0.39, 0.29) is 0 Å². The highest BCUT2D eigenvalue weighted by Crippen LogP contribution is 2.28. The third-order valence-corrected chi connectivity index (χ3v) is 3.69. The summed E-state index contributed by atoms with van der Waals surface area (Å²) in [6.45, 7) is 6.08. The van der Waals surface area contributed by atoms with Crippen LogP contribution in [0.1, 0.15) is 32.1 Å². The highest BCUT2D eigenvalue weighted by atomic mass is 16.5. The molecule has 2 aliphatic rings. The van der Waals surface area contributed by atoms with Crippen LogP contribution in [0.3, 0.4) is 0 Å². The molecular formula is C13H22N2O2. The number of nitrogens with one attached hydrogen (secondary N) is 1. The maximum Gasteiger partial charge on any atom is 0.224 e. The summed E-state index contributed by atoms with van der Waals surface area (Å²) in [5.41, 5.74) is 0. The van der Waals surface area contributed by atoms with E-state index in [1.165, 1.54) is 19.1 Å². The van der Waals surface area contributed by atoms with E-state index in [0.717, 1.165) is 25.9 Å². The topological polar surface area (TPSA) is 41.6 Å². The Balaban J connectivity index is 1.73. The highest BCUT2D eigenvalue weighted by molar-refractivity contribution is 5.80. The molecule has 0 aliphatic carbocycles. The summed E-state index contributed by atoms with van der Waals surface area (Å²) in [4.78, 5) is 13.9. The summed E-state index contributed by atoms with van der Waals surface area (Å²) in [7, 11) is 0. The number of hydrogen-bond acceptors (Lipinski definition) is 3. The van der Waals surface area contributed by atoms with Gasteiger partial charge in [-0.1, -0.05) is 6.58 Å². The number of amides is 1. The minimum atomic E-state index is 0.328. The van der Waals surface area contributed by atoms with Crippen LogP contribution in [0.2, 0.25) is 0 Å². The zero-order chi connectivity index (χ0) is 12.1. The quantitative estimate of drug-likeness (QED) is 0.560. The molecular weight excluding hydrogens is 216 g/mol. The molecule has 2 saturated heterocycles. The van der Waals surface area contributed by atoms with Crippen molar-refractivity contribution in [2.75, 3.05) is 19.7 Å². The number of carbonyl (C=O) groups excluding carboxylic acids is 1. The minimum Gasteiger partial charge on any atom is -0.502 e. The predicted molar refractivity (Wildman–Crippen MR) is 66.5 cm³/mol. The summed E-state index contributed by atoms with van der Waals surface area (Å²) in [5, 5.41) is 3.49. The minimum absolute atomic E-state index is 0.328. The van der Waals surface area contributed by atoms with Gasteiger partial charge in [0.05, 0.1) is 12.9 Å². The number of ether oxygens (including phenoxy) is 1. The normalized spacial score (nSPS) is 28.0. The first-order valence-electron chi connectivity index (χ1n) is 6.58. The summed E-state index contributed by atoms with van der Waals surface area (Å²) < 4.78 is 5.07. The Labute approximate surface area is 103 Å². The monoisotopic (exact) mass is 238 g/mol. The van der Waals surface area contributed by atoms with E-state index >= 15 is 0 Å². The number of hydrogen-bond donors (Lipinski definition) is 1. The van der Waals surface area contributed by atoms with Gasteiger partial charge in [-0.05, 0) is 32.2 Å². The van der Waals surface area contributed by atoms with E-state index < -0.39 is 0 Å². The Morgan fingerprint density at radius 3 is 3.24 bits per heavy atom. The van der Waals surface area contributed by atoms with Gasteiger partial charge in [-0.15, -0.1) is 0 Å². The maximum atomic E-state index is 11.8. The fraction of sp³-hybridized carbons (Fsp3) is 0.769. The number of carbonyl (C=O) groups is 1. The second-order valence-electron chi connectivity index (χ2n) is 4.81. The molecule has 1 amide bonds. The van der Waals surface area contributed by atoms with Crippen molar-refractivity contribution in [2.24, 2.45) is 0 Å². The smallest absolute Gasteiger partial charge is 0.224 e. The van der Waals surface area contributed by atoms with Gasteiger partial charge < -0.3 is 15.0 Å². The summed E-state index contributed by atoms with van der Waals surface area (Å²) in [6, 6.07) is 0.795. The van der Waals surface area contributed by atoms with Crippen molar-refractivity contribution in [3.63, 3.8) is 0 Å². The van der Waals surface area contributed by atoms with Crippen molar-refractivity contribution in [3.8, 4) is 0 Å². The lowest BCUT2D eigenvalue weighted by Crippen LogP contribution is -2.45. The van der Waals surface area contributed by atoms with E-state index in [1.807, 2.05) is 0 Å². The molecule has 2 heterocycles. The van der Waals surface area contributed by atoms with E-state index in [0.29, 0.717) is 31.0 Å². The van der Waals surface area contributed by atoms with Crippen molar-refractivity contribution in [1.82, 2.24) is 10.2 Å². The lowest BCUT2D eigenvalue weighted by atomic mass is 9.99. The summed E-state index contributed by atoms with van der Waals surface area (Å²) in [6.07, 6.45) is 6.69. The van der Waals surface area contributed by atoms with Gasteiger partial charge >= 0.3 is 0 Å². The fourth-order valence-electron chi connectivity index (χ4n) is 2.86. The standard InChI is InChI=1S/C13H22N2O2/c1-2-17-9-5-7-14-11-10-13(16)15-8-4-3-6-12(11)15/h2,11-12,14H,1,3-10H2. The maximum absolute atomic E-state index is 11.8. The molecule has 2 rings (SSSR count). The molecule has 0 aromatic heterocycles. The van der Waals surface area contributed by atoms with Gasteiger partial charge in [-0.2, -0.15) is 0 Å². The molecule has 4 heteroatoms. The van der Waals surface area contributed by atoms with E-state index in [9.17, 15) is 4.79 Å². The van der Waals surface area contributed by atoms with E-state index in [4.69, 9.17) is 4.74 Å². The van der Waals surface area contributed by atoms with Crippen LogP contribution >= 0.6 is 0 Å². The van der Waals surface area contributed by atoms with Gasteiger partial charge in [0, 0.05) is 25.0 Å². The molecule has 96 valence electrons. The third kappa shape index (κ3) is 3.00. The van der Waals surface area contributed by atoms with Crippen molar-refractivity contribution in [2.45, 2.75) is 44.2 Å². The molecule has 17 heavy (non-hydrogen) atoms. The van der Waals surface area contributed by atoms with Crippen LogP contribution < -0.4 is 5.32 Å². The highest BCUT2D eigenvalue weighted by Gasteiger charge is 2.40. The summed E-state index contributed by atoms with van der Waals surface area (Å²) >= 11 is 0. The molecule has 0 bridgehead atoms. The van der Waals surface area contributed by atoms with Crippen LogP contribution in [0.15, 0.2) is 12.8 Å². The Kier molecular flexibility index (Phi) is 4.42. The predicted octanol–water partition coefficient (Wildman–Crippen LogP) is 1.28. The second-order valence-corrected chi connectivity index (χ2v) is 4.81. The van der Waals surface area contributed by atoms with E-state index in [1.54, 1.807) is 0 Å². The lowest BCUT2D eigenvalue weighted by Gasteiger charge is -2.32. The van der Waals surface area contributed by atoms with Crippen LogP contribution in [0.25, 0.3) is 0 Å². The Hall–Kier alpha value is -1.03. The molecule has 0 radical (unpaired) electrons. The van der Waals surface area contributed by atoms with Crippen molar-refractivity contribution >= 4 is 5.91 Å². The molecule has 1 N–H and O–H groups in total. The number of piperidine rings is 1. The zero-order valence-corrected chi connectivity index (χ0v) is 10.4. The number of rotatable bonds is 6. The first kappa shape index (κ1) is 12.4. The van der Waals surface area contributed by atoms with Crippen LogP contribution in [0.4, 0.5) is 0 Å². The van der Waals surface area contributed by atoms with Crippen LogP contribution in [-0.4, -0.2) is 42.6 Å². The largest absolute Gasteiger partial charge is 0.502 e. The molecule has 2 aliphatic heterocycles. The van der Waals surface area contributed by atoms with Gasteiger partial charge in [-0.25, -0.2) is 0 Å². The Morgan fingerprint density at radius 2 is 2.41 bits per heavy atom. The molecule has 2 atom stereocenters. The first-order valence-corrected chi connectivity index (χ1v) is 6.58. The third-order valence-electron chi connectivity index (χ3n) is 3.69. The van der Waals surface area contributed by atoms with Crippen LogP contribution in [0, 0.1) is 0 Å². The van der Waals surface area contributed by atoms with Crippen LogP contribution in [0.5, 0.6) is 0 Å². The van der Waals surface area contributed by atoms with Gasteiger partial charge in [0.25, 0.3) is 0 Å². The van der Waals surface area contributed by atoms with Gasteiger partial charge in [-0.3, -0.25) is 4.79 Å². The summed E-state index contributed by atoms with van der Waals surface area (Å²) in [5.74, 6) is 0.328. The Bertz CT molecular complexity index is 281. The van der Waals surface area contributed by atoms with Gasteiger partial charge in [0.1, 0.15) is 0 Å². The molecule has 0 saturated carbocycles. The SMILES string of the molecule is C=COCCCNC1CC(=O)N2CCCCC12. The fourth-order valence-corrected chi connectivity index (χ4v) is 2.86. The van der Waals surface area contributed by atoms with Crippen LogP contribution in [-0.2, 0) is 9.53 Å². The number of fused-ring (bicyclic) bond motifs is 1. The molecule has 0 aromatic rings. The lowest BCUT2D eigenvalue weighted by molar-refractivity contribution is -0.129. The average molecular weight is 238 g/mol. The van der Waals surface area contributed by atoms with E-state index in [2.05, 4.69) is 16.8 Å². The molecule has 0 spiro atoms. The van der Waals surface area contributed by atoms with Crippen molar-refractivity contribution < 1.29 is 9.53 Å². The zero-order valence-electron chi connectivity index (χ0n) is 10.4. The first-order chi connectivity index (χ1) is 8.33.